The second-order valence-electron chi connectivity index (χ2n) is 9.02. The number of anilines is 1. The largest absolute Gasteiger partial charge is 0.349 e. The molecule has 0 radical (unpaired) electrons. The number of benzene rings is 1. The van der Waals surface area contributed by atoms with Crippen molar-refractivity contribution < 1.29 is 4.79 Å². The van der Waals surface area contributed by atoms with Gasteiger partial charge in [-0.05, 0) is 36.8 Å². The van der Waals surface area contributed by atoms with Crippen LogP contribution >= 0.6 is 0 Å². The first-order valence-corrected chi connectivity index (χ1v) is 11.4. The fourth-order valence-corrected chi connectivity index (χ4v) is 4.78. The summed E-state index contributed by atoms with van der Waals surface area (Å²) >= 11 is 0. The molecule has 9 heteroatoms. The number of carbonyl (C=O) groups is 1. The van der Waals surface area contributed by atoms with Crippen molar-refractivity contribution in [2.45, 2.75) is 32.2 Å². The van der Waals surface area contributed by atoms with E-state index < -0.39 is 0 Å². The molecular weight excluding hydrogens is 416 g/mol. The number of fused-ring (bicyclic) bond motifs is 2. The SMILES string of the molecule is Cc1ccccc1C1c2cn[nH]c2CCN1c1ncnc2c1nc(C(=O)NCC1CC1)n2C. The van der Waals surface area contributed by atoms with Crippen LogP contribution in [0.15, 0.2) is 36.8 Å². The van der Waals surface area contributed by atoms with Crippen molar-refractivity contribution in [2.24, 2.45) is 13.0 Å². The summed E-state index contributed by atoms with van der Waals surface area (Å²) in [6.45, 7) is 3.58. The van der Waals surface area contributed by atoms with Crippen molar-refractivity contribution in [1.29, 1.82) is 0 Å². The second-order valence-corrected chi connectivity index (χ2v) is 9.02. The normalized spacial score (nSPS) is 17.9. The molecule has 1 amide bonds. The minimum Gasteiger partial charge on any atom is -0.349 e. The van der Waals surface area contributed by atoms with Crippen LogP contribution in [0.4, 0.5) is 5.82 Å². The second kappa shape index (κ2) is 7.68. The molecule has 2 N–H and O–H groups in total. The van der Waals surface area contributed by atoms with Gasteiger partial charge in [0.15, 0.2) is 17.0 Å². The van der Waals surface area contributed by atoms with Gasteiger partial charge in [0.05, 0.1) is 12.2 Å². The van der Waals surface area contributed by atoms with Gasteiger partial charge in [0.25, 0.3) is 5.91 Å². The predicted molar refractivity (Wildman–Crippen MR) is 124 cm³/mol. The monoisotopic (exact) mass is 442 g/mol. The number of hydrogen-bond donors (Lipinski definition) is 2. The van der Waals surface area contributed by atoms with Crippen LogP contribution in [-0.4, -0.2) is 48.7 Å². The van der Waals surface area contributed by atoms with Gasteiger partial charge < -0.3 is 14.8 Å². The van der Waals surface area contributed by atoms with Crippen molar-refractivity contribution in [2.75, 3.05) is 18.0 Å². The molecule has 33 heavy (non-hydrogen) atoms. The first kappa shape index (κ1) is 19.9. The fourth-order valence-electron chi connectivity index (χ4n) is 4.78. The van der Waals surface area contributed by atoms with E-state index in [1.807, 2.05) is 13.2 Å². The fraction of sp³-hybridized carbons (Fsp3) is 0.375. The lowest BCUT2D eigenvalue weighted by Gasteiger charge is -2.37. The summed E-state index contributed by atoms with van der Waals surface area (Å²) in [5.41, 5.74) is 5.98. The quantitative estimate of drug-likeness (QED) is 0.492. The third-order valence-corrected chi connectivity index (χ3v) is 6.80. The van der Waals surface area contributed by atoms with Gasteiger partial charge in [0, 0.05) is 37.8 Å². The lowest BCUT2D eigenvalue weighted by atomic mass is 9.90. The Balaban J connectivity index is 1.45. The number of rotatable bonds is 5. The number of nitrogens with one attached hydrogen (secondary N) is 2. The average Bonchev–Trinajstić information content (AvgIpc) is 3.43. The first-order chi connectivity index (χ1) is 16.1. The Bertz CT molecular complexity index is 1350. The molecular formula is C24H26N8O. The molecule has 168 valence electrons. The molecule has 1 aliphatic carbocycles. The molecule has 9 nitrogen and oxygen atoms in total. The summed E-state index contributed by atoms with van der Waals surface area (Å²) in [6.07, 6.45) is 6.66. The van der Waals surface area contributed by atoms with Gasteiger partial charge in [0.2, 0.25) is 5.82 Å². The Morgan fingerprint density at radius 2 is 2.06 bits per heavy atom. The molecule has 6 rings (SSSR count). The van der Waals surface area contributed by atoms with Gasteiger partial charge in [-0.2, -0.15) is 5.10 Å². The zero-order valence-electron chi connectivity index (χ0n) is 18.7. The van der Waals surface area contributed by atoms with E-state index in [0.29, 0.717) is 29.5 Å². The van der Waals surface area contributed by atoms with E-state index in [-0.39, 0.29) is 11.9 Å². The zero-order valence-corrected chi connectivity index (χ0v) is 18.7. The topological polar surface area (TPSA) is 105 Å². The van der Waals surface area contributed by atoms with Crippen molar-refractivity contribution in [3.05, 3.63) is 65.0 Å². The maximum atomic E-state index is 12.8. The molecule has 4 heterocycles. The van der Waals surface area contributed by atoms with Crippen LogP contribution in [0.5, 0.6) is 0 Å². The molecule has 1 aromatic carbocycles. The minimum atomic E-state index is -0.167. The molecule has 1 fully saturated rings. The van der Waals surface area contributed by atoms with E-state index in [9.17, 15) is 4.79 Å². The van der Waals surface area contributed by atoms with Gasteiger partial charge in [-0.15, -0.1) is 0 Å². The molecule has 2 aliphatic rings. The Labute approximate surface area is 191 Å². The van der Waals surface area contributed by atoms with Gasteiger partial charge in [-0.25, -0.2) is 15.0 Å². The van der Waals surface area contributed by atoms with Crippen LogP contribution in [0.1, 0.15) is 51.9 Å². The van der Waals surface area contributed by atoms with E-state index in [1.165, 1.54) is 24.0 Å². The summed E-state index contributed by atoms with van der Waals surface area (Å²) in [5, 5.41) is 10.5. The predicted octanol–water partition coefficient (Wildman–Crippen LogP) is 2.69. The Morgan fingerprint density at radius 3 is 2.88 bits per heavy atom. The summed E-state index contributed by atoms with van der Waals surface area (Å²) in [4.78, 5) is 29.0. The van der Waals surface area contributed by atoms with Crippen molar-refractivity contribution in [3.63, 3.8) is 0 Å². The van der Waals surface area contributed by atoms with Gasteiger partial charge in [-0.1, -0.05) is 24.3 Å². The molecule has 0 spiro atoms. The number of imidazole rings is 1. The van der Waals surface area contributed by atoms with Crippen LogP contribution < -0.4 is 10.2 Å². The molecule has 3 aromatic heterocycles. The number of H-pyrrole nitrogens is 1. The average molecular weight is 443 g/mol. The van der Waals surface area contributed by atoms with Gasteiger partial charge >= 0.3 is 0 Å². The molecule has 0 bridgehead atoms. The standard InChI is InChI=1S/C24H26N8O/c1-14-5-3-4-6-16(14)20-17-12-28-30-18(17)9-10-32(20)22-19-21(26-13-27-22)31(2)23(29-19)24(33)25-11-15-7-8-15/h3-6,12-13,15,20H,7-11H2,1-2H3,(H,25,33)(H,28,30). The van der Waals surface area contributed by atoms with Crippen LogP contribution in [0.2, 0.25) is 0 Å². The van der Waals surface area contributed by atoms with E-state index >= 15 is 0 Å². The summed E-state index contributed by atoms with van der Waals surface area (Å²) < 4.78 is 1.76. The van der Waals surface area contributed by atoms with E-state index in [2.05, 4.69) is 61.6 Å². The highest BCUT2D eigenvalue weighted by Crippen LogP contribution is 2.39. The number of aryl methyl sites for hydroxylation is 2. The Kier molecular flexibility index (Phi) is 4.63. The molecule has 1 saturated carbocycles. The van der Waals surface area contributed by atoms with E-state index in [4.69, 9.17) is 4.98 Å². The van der Waals surface area contributed by atoms with E-state index in [1.54, 1.807) is 10.9 Å². The first-order valence-electron chi connectivity index (χ1n) is 11.4. The van der Waals surface area contributed by atoms with Crippen molar-refractivity contribution in [1.82, 2.24) is 35.0 Å². The van der Waals surface area contributed by atoms with Gasteiger partial charge in [0.1, 0.15) is 6.33 Å². The third-order valence-electron chi connectivity index (χ3n) is 6.80. The number of aromatic amines is 1. The molecule has 1 aliphatic heterocycles. The summed E-state index contributed by atoms with van der Waals surface area (Å²) in [5.74, 6) is 1.53. The Morgan fingerprint density at radius 1 is 1.21 bits per heavy atom. The Hall–Kier alpha value is -3.75. The maximum Gasteiger partial charge on any atom is 0.287 e. The lowest BCUT2D eigenvalue weighted by molar-refractivity contribution is 0.0939. The lowest BCUT2D eigenvalue weighted by Crippen LogP contribution is -2.37. The minimum absolute atomic E-state index is 0.0547. The highest BCUT2D eigenvalue weighted by Gasteiger charge is 2.34. The number of aromatic nitrogens is 6. The van der Waals surface area contributed by atoms with Gasteiger partial charge in [-0.3, -0.25) is 9.89 Å². The molecule has 4 aromatic rings. The smallest absolute Gasteiger partial charge is 0.287 e. The molecule has 0 saturated heterocycles. The van der Waals surface area contributed by atoms with E-state index in [0.717, 1.165) is 30.0 Å². The number of carbonyl (C=O) groups excluding carboxylic acids is 1. The number of hydrogen-bond acceptors (Lipinski definition) is 6. The van der Waals surface area contributed by atoms with Crippen LogP contribution in [0.25, 0.3) is 11.2 Å². The highest BCUT2D eigenvalue weighted by atomic mass is 16.2. The summed E-state index contributed by atoms with van der Waals surface area (Å²) in [6, 6.07) is 8.34. The number of amides is 1. The number of nitrogens with zero attached hydrogens (tertiary/aromatic N) is 6. The zero-order chi connectivity index (χ0) is 22.5. The van der Waals surface area contributed by atoms with Crippen LogP contribution in [0, 0.1) is 12.8 Å². The van der Waals surface area contributed by atoms with Crippen LogP contribution in [-0.2, 0) is 13.5 Å². The van der Waals surface area contributed by atoms with Crippen LogP contribution in [0.3, 0.4) is 0 Å². The highest BCUT2D eigenvalue weighted by molar-refractivity contribution is 5.96. The maximum absolute atomic E-state index is 12.8. The molecule has 1 atom stereocenters. The van der Waals surface area contributed by atoms with Crippen molar-refractivity contribution >= 4 is 22.9 Å². The third kappa shape index (κ3) is 3.35. The van der Waals surface area contributed by atoms with Crippen molar-refractivity contribution in [3.8, 4) is 0 Å². The summed E-state index contributed by atoms with van der Waals surface area (Å²) in [7, 11) is 1.83. The molecule has 1 unspecified atom stereocenters.